The number of ether oxygens (including phenoxy) is 2. The molecule has 134 valence electrons. The van der Waals surface area contributed by atoms with Crippen molar-refractivity contribution in [3.63, 3.8) is 0 Å². The van der Waals surface area contributed by atoms with E-state index >= 15 is 0 Å². The van der Waals surface area contributed by atoms with Gasteiger partial charge in [0.25, 0.3) is 5.95 Å². The maximum absolute atomic E-state index is 10.2. The first-order valence-electron chi connectivity index (χ1n) is 8.62. The second-order valence-electron chi connectivity index (χ2n) is 7.60. The summed E-state index contributed by atoms with van der Waals surface area (Å²) in [7, 11) is 0. The van der Waals surface area contributed by atoms with Crippen molar-refractivity contribution in [2.24, 2.45) is 35.5 Å². The van der Waals surface area contributed by atoms with E-state index in [1.54, 1.807) is 0 Å². The molecule has 2 N–H and O–H groups in total. The molecule has 5 heteroatoms. The van der Waals surface area contributed by atoms with Crippen LogP contribution < -0.4 is 0 Å². The van der Waals surface area contributed by atoms with Crippen LogP contribution in [0.5, 0.6) is 0 Å². The zero-order valence-electron chi connectivity index (χ0n) is 14.8. The molecule has 2 fully saturated rings. The maximum Gasteiger partial charge on any atom is 0.271 e. The Labute approximate surface area is 154 Å². The number of rotatable bonds is 6. The van der Waals surface area contributed by atoms with Crippen molar-refractivity contribution in [3.8, 4) is 0 Å². The Morgan fingerprint density at radius 1 is 1.04 bits per heavy atom. The Morgan fingerprint density at radius 2 is 1.61 bits per heavy atom. The molecule has 2 aliphatic rings. The van der Waals surface area contributed by atoms with Gasteiger partial charge in [0.05, 0.1) is 12.7 Å². The van der Waals surface area contributed by atoms with Crippen LogP contribution in [0.1, 0.15) is 40.5 Å². The van der Waals surface area contributed by atoms with Crippen LogP contribution in [0.2, 0.25) is 0 Å². The summed E-state index contributed by atoms with van der Waals surface area (Å²) in [5.41, 5.74) is 0. The number of aliphatic hydroxyl groups is 2. The molecular weight excluding hydrogens is 464 g/mol. The fraction of sp³-hybridized carbons (Fsp3) is 0.889. The summed E-state index contributed by atoms with van der Waals surface area (Å²) in [6.07, 6.45) is 1.62. The molecule has 0 aromatic carbocycles. The van der Waals surface area contributed by atoms with Gasteiger partial charge in [0.15, 0.2) is 0 Å². The van der Waals surface area contributed by atoms with Crippen LogP contribution in [-0.4, -0.2) is 35.6 Å². The van der Waals surface area contributed by atoms with Crippen molar-refractivity contribution in [2.75, 3.05) is 13.2 Å². The van der Waals surface area contributed by atoms with E-state index in [2.05, 4.69) is 34.3 Å². The molecule has 23 heavy (non-hydrogen) atoms. The van der Waals surface area contributed by atoms with Gasteiger partial charge in [0.2, 0.25) is 0 Å². The molecular formula is C18H32O4W. The van der Waals surface area contributed by atoms with Crippen LogP contribution in [-0.2, 0) is 30.5 Å². The number of hydrogen-bond donors (Lipinski definition) is 2. The molecule has 8 atom stereocenters. The first-order valence-corrected chi connectivity index (χ1v) is 8.62. The molecule has 0 saturated heterocycles. The van der Waals surface area contributed by atoms with E-state index in [9.17, 15) is 10.2 Å². The average molecular weight is 496 g/mol. The third-order valence-electron chi connectivity index (χ3n) is 6.11. The molecule has 0 aromatic heterocycles. The monoisotopic (exact) mass is 496 g/mol. The Morgan fingerprint density at radius 3 is 2.13 bits per heavy atom. The van der Waals surface area contributed by atoms with Gasteiger partial charge in [-0.1, -0.05) is 27.7 Å². The summed E-state index contributed by atoms with van der Waals surface area (Å²) in [5, 5.41) is 19.7. The minimum atomic E-state index is -0.307. The Bertz CT molecular complexity index is 389. The molecule has 2 saturated carbocycles. The second-order valence-corrected chi connectivity index (χ2v) is 7.60. The SMILES string of the molecule is C=C(OCC1CC(C)C(C)C1O)OC1C(CO)CC(C)C1C.[W]. The van der Waals surface area contributed by atoms with E-state index in [0.717, 1.165) is 12.8 Å². The van der Waals surface area contributed by atoms with Gasteiger partial charge in [-0.05, 0) is 43.1 Å². The minimum Gasteiger partial charge on any atom is -0.465 e. The van der Waals surface area contributed by atoms with Crippen molar-refractivity contribution in [1.29, 1.82) is 0 Å². The van der Waals surface area contributed by atoms with Gasteiger partial charge in [0, 0.05) is 39.5 Å². The molecule has 0 aliphatic heterocycles. The molecule has 4 nitrogen and oxygen atoms in total. The van der Waals surface area contributed by atoms with E-state index in [1.165, 1.54) is 0 Å². The largest absolute Gasteiger partial charge is 0.465 e. The average Bonchev–Trinajstić information content (AvgIpc) is 2.90. The van der Waals surface area contributed by atoms with Crippen molar-refractivity contribution >= 4 is 0 Å². The van der Waals surface area contributed by atoms with Crippen LogP contribution in [0, 0.1) is 35.5 Å². The third kappa shape index (κ3) is 4.74. The van der Waals surface area contributed by atoms with Gasteiger partial charge in [-0.2, -0.15) is 0 Å². The molecule has 0 spiro atoms. The summed E-state index contributed by atoms with van der Waals surface area (Å²) in [6.45, 7) is 13.1. The quantitative estimate of drug-likeness (QED) is 0.556. The fourth-order valence-electron chi connectivity index (χ4n) is 4.11. The van der Waals surface area contributed by atoms with Gasteiger partial charge in [-0.3, -0.25) is 0 Å². The topological polar surface area (TPSA) is 58.9 Å². The molecule has 0 amide bonds. The molecule has 8 unspecified atom stereocenters. The van der Waals surface area contributed by atoms with Gasteiger partial charge in [-0.25, -0.2) is 0 Å². The molecule has 0 heterocycles. The molecule has 0 bridgehead atoms. The van der Waals surface area contributed by atoms with E-state index in [4.69, 9.17) is 9.47 Å². The van der Waals surface area contributed by atoms with Crippen LogP contribution >= 0.6 is 0 Å². The minimum absolute atomic E-state index is 0. The zero-order chi connectivity index (χ0) is 16.4. The molecule has 0 radical (unpaired) electrons. The van der Waals surface area contributed by atoms with Gasteiger partial charge in [-0.15, -0.1) is 0 Å². The van der Waals surface area contributed by atoms with E-state index in [0.29, 0.717) is 36.2 Å². The molecule has 2 rings (SSSR count). The summed E-state index contributed by atoms with van der Waals surface area (Å²) < 4.78 is 11.6. The fourth-order valence-corrected chi connectivity index (χ4v) is 4.11. The van der Waals surface area contributed by atoms with Crippen LogP contribution in [0.25, 0.3) is 0 Å². The Hall–Kier alpha value is -0.0517. The van der Waals surface area contributed by atoms with Crippen molar-refractivity contribution in [1.82, 2.24) is 0 Å². The van der Waals surface area contributed by atoms with Gasteiger partial charge >= 0.3 is 0 Å². The molecule has 2 aliphatic carbocycles. The zero-order valence-corrected chi connectivity index (χ0v) is 17.7. The van der Waals surface area contributed by atoms with E-state index in [-0.39, 0.29) is 51.7 Å². The summed E-state index contributed by atoms with van der Waals surface area (Å²) in [5.74, 6) is 2.39. The van der Waals surface area contributed by atoms with Crippen molar-refractivity contribution in [3.05, 3.63) is 12.5 Å². The van der Waals surface area contributed by atoms with Crippen molar-refractivity contribution in [2.45, 2.75) is 52.7 Å². The second kappa shape index (κ2) is 8.87. The van der Waals surface area contributed by atoms with E-state index < -0.39 is 0 Å². The Kier molecular flexibility index (Phi) is 8.10. The summed E-state index contributed by atoms with van der Waals surface area (Å²) in [6, 6.07) is 0. The number of hydrogen-bond acceptors (Lipinski definition) is 4. The van der Waals surface area contributed by atoms with Crippen LogP contribution in [0.4, 0.5) is 0 Å². The predicted molar refractivity (Wildman–Crippen MR) is 85.9 cm³/mol. The van der Waals surface area contributed by atoms with Crippen LogP contribution in [0.15, 0.2) is 12.5 Å². The van der Waals surface area contributed by atoms with Crippen molar-refractivity contribution < 1.29 is 40.8 Å². The van der Waals surface area contributed by atoms with Crippen LogP contribution in [0.3, 0.4) is 0 Å². The standard InChI is InChI=1S/C18H32O4.W/c1-10-7-16(17(20)12(10)3)9-21-14(5)22-18-13(4)11(2)6-15(18)8-19;/h10-13,15-20H,5-9H2,1-4H3;. The smallest absolute Gasteiger partial charge is 0.271 e. The first-order chi connectivity index (χ1) is 10.3. The maximum atomic E-state index is 10.2. The first kappa shape index (κ1) is 21.0. The third-order valence-corrected chi connectivity index (χ3v) is 6.11. The number of aliphatic hydroxyl groups excluding tert-OH is 2. The van der Waals surface area contributed by atoms with E-state index in [1.807, 2.05) is 0 Å². The summed E-state index contributed by atoms with van der Waals surface area (Å²) in [4.78, 5) is 0. The Balaban J connectivity index is 0.00000264. The normalized spacial score (nSPS) is 43.0. The summed E-state index contributed by atoms with van der Waals surface area (Å²) >= 11 is 0. The molecule has 0 aromatic rings. The van der Waals surface area contributed by atoms with Gasteiger partial charge < -0.3 is 19.7 Å². The predicted octanol–water partition coefficient (Wildman–Crippen LogP) is 2.79. The van der Waals surface area contributed by atoms with Gasteiger partial charge in [0.1, 0.15) is 6.10 Å².